The summed E-state index contributed by atoms with van der Waals surface area (Å²) in [6, 6.07) is 7.12. The molecule has 0 spiro atoms. The summed E-state index contributed by atoms with van der Waals surface area (Å²) in [6.45, 7) is 5.42. The van der Waals surface area contributed by atoms with Gasteiger partial charge < -0.3 is 20.3 Å². The average Bonchev–Trinajstić information content (AvgIpc) is 2.65. The number of halogens is 2. The van der Waals surface area contributed by atoms with Crippen molar-refractivity contribution in [3.63, 3.8) is 0 Å². The number of likely N-dealkylation sites (tertiary alicyclic amines) is 1. The maximum Gasteiger partial charge on any atom is 0.224 e. The van der Waals surface area contributed by atoms with Crippen molar-refractivity contribution in [3.05, 3.63) is 29.3 Å². The van der Waals surface area contributed by atoms with Crippen LogP contribution in [0, 0.1) is 0 Å². The van der Waals surface area contributed by atoms with Crippen LogP contribution in [0.3, 0.4) is 0 Å². The molecule has 1 saturated heterocycles. The van der Waals surface area contributed by atoms with E-state index in [0.717, 1.165) is 50.6 Å². The Hall–Kier alpha value is -1.06. The first-order valence-electron chi connectivity index (χ1n) is 9.25. The number of aliphatic imine (C=N–C) groups is 1. The van der Waals surface area contributed by atoms with Crippen LogP contribution in [0.25, 0.3) is 0 Å². The van der Waals surface area contributed by atoms with Gasteiger partial charge in [0.25, 0.3) is 0 Å². The van der Waals surface area contributed by atoms with Crippen LogP contribution in [0.4, 0.5) is 5.69 Å². The zero-order chi connectivity index (χ0) is 18.8. The van der Waals surface area contributed by atoms with E-state index in [1.165, 1.54) is 0 Å². The maximum absolute atomic E-state index is 12.0. The van der Waals surface area contributed by atoms with Crippen molar-refractivity contribution >= 4 is 53.1 Å². The number of guanidine groups is 1. The van der Waals surface area contributed by atoms with Crippen molar-refractivity contribution in [2.24, 2.45) is 4.99 Å². The number of hydrogen-bond donors (Lipinski definition) is 2. The molecule has 6 nitrogen and oxygen atoms in total. The van der Waals surface area contributed by atoms with Crippen molar-refractivity contribution in [3.8, 4) is 0 Å². The van der Waals surface area contributed by atoms with E-state index < -0.39 is 0 Å². The van der Waals surface area contributed by atoms with Gasteiger partial charge in [0, 0.05) is 50.4 Å². The highest BCUT2D eigenvalue weighted by Gasteiger charge is 2.21. The van der Waals surface area contributed by atoms with Gasteiger partial charge in [-0.05, 0) is 50.5 Å². The zero-order valence-corrected chi connectivity index (χ0v) is 19.1. The fourth-order valence-corrected chi connectivity index (χ4v) is 3.13. The molecule has 1 aromatic carbocycles. The van der Waals surface area contributed by atoms with Crippen molar-refractivity contribution in [2.45, 2.75) is 38.7 Å². The first-order valence-corrected chi connectivity index (χ1v) is 9.62. The van der Waals surface area contributed by atoms with Crippen molar-refractivity contribution in [1.29, 1.82) is 0 Å². The molecule has 152 valence electrons. The Balaban J connectivity index is 0.00000364. The van der Waals surface area contributed by atoms with E-state index in [4.69, 9.17) is 16.3 Å². The van der Waals surface area contributed by atoms with Crippen LogP contribution in [0.1, 0.15) is 32.6 Å². The highest BCUT2D eigenvalue weighted by Crippen LogP contribution is 2.14. The molecule has 0 atom stereocenters. The van der Waals surface area contributed by atoms with Crippen LogP contribution in [0.2, 0.25) is 5.02 Å². The number of nitrogens with one attached hydrogen (secondary N) is 2. The first kappa shape index (κ1) is 24.0. The number of hydrogen-bond acceptors (Lipinski definition) is 3. The number of ether oxygens (including phenoxy) is 1. The van der Waals surface area contributed by atoms with Gasteiger partial charge in [0.2, 0.25) is 5.91 Å². The van der Waals surface area contributed by atoms with E-state index in [1.54, 1.807) is 31.3 Å². The van der Waals surface area contributed by atoms with Gasteiger partial charge in [-0.3, -0.25) is 9.79 Å². The minimum absolute atomic E-state index is 0. The van der Waals surface area contributed by atoms with E-state index >= 15 is 0 Å². The zero-order valence-electron chi connectivity index (χ0n) is 16.0. The van der Waals surface area contributed by atoms with Crippen LogP contribution in [0.15, 0.2) is 29.3 Å². The predicted octanol–water partition coefficient (Wildman–Crippen LogP) is 3.75. The minimum atomic E-state index is 0. The largest absolute Gasteiger partial charge is 0.378 e. The number of amides is 1. The van der Waals surface area contributed by atoms with Crippen molar-refractivity contribution < 1.29 is 9.53 Å². The van der Waals surface area contributed by atoms with Crippen LogP contribution in [-0.4, -0.2) is 56.2 Å². The molecule has 27 heavy (non-hydrogen) atoms. The van der Waals surface area contributed by atoms with E-state index in [1.807, 2.05) is 6.92 Å². The molecule has 0 aromatic heterocycles. The Bertz CT molecular complexity index is 590. The summed E-state index contributed by atoms with van der Waals surface area (Å²) in [5.41, 5.74) is 0.764. The number of carbonyl (C=O) groups is 1. The molecular formula is C19H30ClIN4O2. The standard InChI is InChI=1S/C19H29ClN4O2.HI/c1-3-26-17-10-13-24(14-11-17)19(21-2)22-12-4-5-18(25)23-16-8-6-15(20)7-9-16;/h6-9,17H,3-5,10-14H2,1-2H3,(H,21,22)(H,23,25);1H. The summed E-state index contributed by atoms with van der Waals surface area (Å²) >= 11 is 5.84. The number of nitrogens with zero attached hydrogens (tertiary/aromatic N) is 2. The number of carbonyl (C=O) groups excluding carboxylic acids is 1. The Morgan fingerprint density at radius 3 is 2.56 bits per heavy atom. The third kappa shape index (κ3) is 8.66. The Morgan fingerprint density at radius 1 is 1.30 bits per heavy atom. The quantitative estimate of drug-likeness (QED) is 0.255. The molecule has 2 N–H and O–H groups in total. The van der Waals surface area contributed by atoms with Crippen LogP contribution in [-0.2, 0) is 9.53 Å². The Morgan fingerprint density at radius 2 is 1.96 bits per heavy atom. The number of anilines is 1. The molecule has 1 amide bonds. The topological polar surface area (TPSA) is 66.0 Å². The average molecular weight is 509 g/mol. The van der Waals surface area contributed by atoms with Gasteiger partial charge in [-0.1, -0.05) is 11.6 Å². The van der Waals surface area contributed by atoms with Crippen LogP contribution < -0.4 is 10.6 Å². The van der Waals surface area contributed by atoms with Gasteiger partial charge in [0.05, 0.1) is 6.10 Å². The second-order valence-electron chi connectivity index (χ2n) is 6.27. The van der Waals surface area contributed by atoms with E-state index in [0.29, 0.717) is 24.1 Å². The fraction of sp³-hybridized carbons (Fsp3) is 0.579. The van der Waals surface area contributed by atoms with Crippen LogP contribution in [0.5, 0.6) is 0 Å². The summed E-state index contributed by atoms with van der Waals surface area (Å²) in [7, 11) is 1.80. The Labute approximate surface area is 184 Å². The molecular weight excluding hydrogens is 479 g/mol. The molecule has 2 rings (SSSR count). The fourth-order valence-electron chi connectivity index (χ4n) is 3.01. The lowest BCUT2D eigenvalue weighted by Gasteiger charge is -2.34. The maximum atomic E-state index is 12.0. The molecule has 0 aliphatic carbocycles. The third-order valence-electron chi connectivity index (χ3n) is 4.35. The summed E-state index contributed by atoms with van der Waals surface area (Å²) in [5, 5.41) is 6.88. The lowest BCUT2D eigenvalue weighted by Crippen LogP contribution is -2.47. The second-order valence-corrected chi connectivity index (χ2v) is 6.71. The molecule has 1 aliphatic heterocycles. The molecule has 1 fully saturated rings. The Kier molecular flexibility index (Phi) is 11.7. The molecule has 0 radical (unpaired) electrons. The lowest BCUT2D eigenvalue weighted by atomic mass is 10.1. The lowest BCUT2D eigenvalue weighted by molar-refractivity contribution is -0.116. The molecule has 1 aromatic rings. The monoisotopic (exact) mass is 508 g/mol. The van der Waals surface area contributed by atoms with Gasteiger partial charge in [0.15, 0.2) is 5.96 Å². The first-order chi connectivity index (χ1) is 12.6. The summed E-state index contributed by atoms with van der Waals surface area (Å²) < 4.78 is 5.69. The van der Waals surface area contributed by atoms with E-state index in [2.05, 4.69) is 20.5 Å². The van der Waals surface area contributed by atoms with Gasteiger partial charge >= 0.3 is 0 Å². The molecule has 8 heteroatoms. The van der Waals surface area contributed by atoms with Gasteiger partial charge in [-0.25, -0.2) is 0 Å². The SMILES string of the molecule is CCOC1CCN(C(=NC)NCCCC(=O)Nc2ccc(Cl)cc2)CC1.I. The third-order valence-corrected chi connectivity index (χ3v) is 4.60. The molecule has 1 heterocycles. The molecule has 0 unspecified atom stereocenters. The van der Waals surface area contributed by atoms with Gasteiger partial charge in [-0.2, -0.15) is 0 Å². The van der Waals surface area contributed by atoms with E-state index in [-0.39, 0.29) is 29.9 Å². The number of piperidine rings is 1. The van der Waals surface area contributed by atoms with E-state index in [9.17, 15) is 4.79 Å². The normalized spacial score (nSPS) is 15.2. The van der Waals surface area contributed by atoms with Crippen molar-refractivity contribution in [1.82, 2.24) is 10.2 Å². The van der Waals surface area contributed by atoms with Crippen molar-refractivity contribution in [2.75, 3.05) is 38.6 Å². The van der Waals surface area contributed by atoms with Gasteiger partial charge in [-0.15, -0.1) is 24.0 Å². The highest BCUT2D eigenvalue weighted by atomic mass is 127. The highest BCUT2D eigenvalue weighted by molar-refractivity contribution is 14.0. The minimum Gasteiger partial charge on any atom is -0.378 e. The summed E-state index contributed by atoms with van der Waals surface area (Å²) in [6.07, 6.45) is 3.62. The number of benzene rings is 1. The number of rotatable bonds is 7. The molecule has 0 bridgehead atoms. The molecule has 1 aliphatic rings. The van der Waals surface area contributed by atoms with Crippen LogP contribution >= 0.6 is 35.6 Å². The summed E-state index contributed by atoms with van der Waals surface area (Å²) in [4.78, 5) is 18.6. The second kappa shape index (κ2) is 13.2. The summed E-state index contributed by atoms with van der Waals surface area (Å²) in [5.74, 6) is 0.902. The molecule has 0 saturated carbocycles. The smallest absolute Gasteiger partial charge is 0.224 e. The predicted molar refractivity (Wildman–Crippen MR) is 122 cm³/mol. The van der Waals surface area contributed by atoms with Gasteiger partial charge in [0.1, 0.15) is 0 Å².